The van der Waals surface area contributed by atoms with Crippen LogP contribution < -0.4 is 11.1 Å². The number of carbonyl (C=O) groups excluding carboxylic acids is 1. The van der Waals surface area contributed by atoms with Crippen molar-refractivity contribution >= 4 is 34.7 Å². The Morgan fingerprint density at radius 2 is 1.89 bits per heavy atom. The van der Waals surface area contributed by atoms with E-state index in [1.54, 1.807) is 20.8 Å². The highest BCUT2D eigenvalue weighted by atomic mass is 35.5. The van der Waals surface area contributed by atoms with Crippen LogP contribution in [0.5, 0.6) is 0 Å². The number of nitrogens with two attached hydrogens (primary N) is 1. The first-order valence-electron chi connectivity index (χ1n) is 5.85. The molecule has 1 aromatic carbocycles. The largest absolute Gasteiger partial charge is 0.396 e. The second kappa shape index (κ2) is 6.09. The van der Waals surface area contributed by atoms with E-state index < -0.39 is 11.6 Å². The predicted octanol–water partition coefficient (Wildman–Crippen LogP) is 2.51. The fourth-order valence-corrected chi connectivity index (χ4v) is 2.16. The lowest BCUT2D eigenvalue weighted by molar-refractivity contribution is 0.0911. The average molecular weight is 305 g/mol. The van der Waals surface area contributed by atoms with E-state index in [2.05, 4.69) is 5.32 Å². The molecule has 1 aromatic rings. The van der Waals surface area contributed by atoms with Gasteiger partial charge >= 0.3 is 0 Å². The monoisotopic (exact) mass is 304 g/mol. The lowest BCUT2D eigenvalue weighted by atomic mass is 10.0. The van der Waals surface area contributed by atoms with Gasteiger partial charge in [0.2, 0.25) is 0 Å². The first-order valence-corrected chi connectivity index (χ1v) is 6.61. The topological polar surface area (TPSA) is 75.3 Å². The minimum Gasteiger partial charge on any atom is -0.396 e. The van der Waals surface area contributed by atoms with Gasteiger partial charge in [0.15, 0.2) is 5.78 Å². The Balaban J connectivity index is 2.95. The molecule has 0 saturated carbocycles. The standard InChI is InChI=1S/C13H18Cl2N2O2/c1-7(17-13(2,3)6-18)12(19)8-4-9(14)11(16)10(15)5-8/h4-5,7,17-18H,6,16H2,1-3H3. The van der Waals surface area contributed by atoms with E-state index in [4.69, 9.17) is 28.9 Å². The van der Waals surface area contributed by atoms with E-state index in [-0.39, 0.29) is 28.1 Å². The summed E-state index contributed by atoms with van der Waals surface area (Å²) in [4.78, 5) is 12.3. The van der Waals surface area contributed by atoms with Crippen molar-refractivity contribution < 1.29 is 9.90 Å². The summed E-state index contributed by atoms with van der Waals surface area (Å²) in [5.41, 5.74) is 5.73. The lowest BCUT2D eigenvalue weighted by Crippen LogP contribution is -2.50. The molecule has 0 aliphatic rings. The quantitative estimate of drug-likeness (QED) is 0.577. The number of nitrogen functional groups attached to an aromatic ring is 1. The maximum absolute atomic E-state index is 12.3. The zero-order valence-corrected chi connectivity index (χ0v) is 12.6. The number of ketones is 1. The van der Waals surface area contributed by atoms with Gasteiger partial charge in [-0.15, -0.1) is 0 Å². The van der Waals surface area contributed by atoms with Crippen LogP contribution >= 0.6 is 23.2 Å². The van der Waals surface area contributed by atoms with Gasteiger partial charge < -0.3 is 16.2 Å². The smallest absolute Gasteiger partial charge is 0.179 e. The summed E-state index contributed by atoms with van der Waals surface area (Å²) in [6, 6.07) is 2.52. The molecule has 0 aliphatic heterocycles. The van der Waals surface area contributed by atoms with Crippen LogP contribution in [0.15, 0.2) is 12.1 Å². The first-order chi connectivity index (χ1) is 8.68. The summed E-state index contributed by atoms with van der Waals surface area (Å²) in [5.74, 6) is -0.162. The molecular weight excluding hydrogens is 287 g/mol. The Bertz CT molecular complexity index is 467. The van der Waals surface area contributed by atoms with Crippen LogP contribution in [-0.4, -0.2) is 29.1 Å². The third-order valence-electron chi connectivity index (χ3n) is 2.76. The molecule has 4 N–H and O–H groups in total. The Morgan fingerprint density at radius 1 is 1.42 bits per heavy atom. The SMILES string of the molecule is CC(NC(C)(C)CO)C(=O)c1cc(Cl)c(N)c(Cl)c1. The molecule has 1 unspecified atom stereocenters. The van der Waals surface area contributed by atoms with Crippen molar-refractivity contribution in [2.24, 2.45) is 0 Å². The summed E-state index contributed by atoms with van der Waals surface area (Å²) < 4.78 is 0. The molecule has 0 radical (unpaired) electrons. The van der Waals surface area contributed by atoms with Crippen LogP contribution in [0.25, 0.3) is 0 Å². The number of Topliss-reactive ketones (excluding diaryl/α,β-unsaturated/α-hetero) is 1. The van der Waals surface area contributed by atoms with Crippen molar-refractivity contribution in [3.63, 3.8) is 0 Å². The van der Waals surface area contributed by atoms with Gasteiger partial charge in [0.05, 0.1) is 28.4 Å². The van der Waals surface area contributed by atoms with Crippen molar-refractivity contribution in [2.75, 3.05) is 12.3 Å². The summed E-state index contributed by atoms with van der Waals surface area (Å²) in [7, 11) is 0. The first kappa shape index (κ1) is 16.2. The van der Waals surface area contributed by atoms with Crippen LogP contribution in [0.1, 0.15) is 31.1 Å². The average Bonchev–Trinajstić information content (AvgIpc) is 2.33. The number of anilines is 1. The Morgan fingerprint density at radius 3 is 2.32 bits per heavy atom. The van der Waals surface area contributed by atoms with Gasteiger partial charge in [-0.05, 0) is 32.9 Å². The van der Waals surface area contributed by atoms with Gasteiger partial charge in [-0.25, -0.2) is 0 Å². The highest BCUT2D eigenvalue weighted by Gasteiger charge is 2.24. The summed E-state index contributed by atoms with van der Waals surface area (Å²) in [6.45, 7) is 5.26. The molecule has 0 saturated heterocycles. The Hall–Kier alpha value is -0.810. The van der Waals surface area contributed by atoms with Gasteiger partial charge in [0, 0.05) is 11.1 Å². The van der Waals surface area contributed by atoms with Crippen LogP contribution in [-0.2, 0) is 0 Å². The van der Waals surface area contributed by atoms with E-state index in [1.807, 2.05) is 0 Å². The summed E-state index contributed by atoms with van der Waals surface area (Å²) in [5, 5.41) is 12.7. The van der Waals surface area contributed by atoms with E-state index in [1.165, 1.54) is 12.1 Å². The number of benzene rings is 1. The normalized spacial score (nSPS) is 13.4. The zero-order chi connectivity index (χ0) is 14.8. The van der Waals surface area contributed by atoms with Gasteiger partial charge in [-0.3, -0.25) is 4.79 Å². The minimum absolute atomic E-state index is 0.0755. The van der Waals surface area contributed by atoms with E-state index in [9.17, 15) is 9.90 Å². The second-order valence-corrected chi connectivity index (χ2v) is 5.94. The molecule has 1 atom stereocenters. The van der Waals surface area contributed by atoms with Crippen LogP contribution in [0.4, 0.5) is 5.69 Å². The molecular formula is C13H18Cl2N2O2. The van der Waals surface area contributed by atoms with Crippen molar-refractivity contribution in [2.45, 2.75) is 32.4 Å². The van der Waals surface area contributed by atoms with Gasteiger partial charge in [0.25, 0.3) is 0 Å². The van der Waals surface area contributed by atoms with Crippen LogP contribution in [0, 0.1) is 0 Å². The highest BCUT2D eigenvalue weighted by molar-refractivity contribution is 6.39. The number of aliphatic hydroxyl groups is 1. The molecule has 0 aliphatic carbocycles. The predicted molar refractivity (Wildman–Crippen MR) is 79.0 cm³/mol. The fraction of sp³-hybridized carbons (Fsp3) is 0.462. The molecule has 0 aromatic heterocycles. The zero-order valence-electron chi connectivity index (χ0n) is 11.1. The molecule has 0 fully saturated rings. The molecule has 19 heavy (non-hydrogen) atoms. The number of hydrogen-bond donors (Lipinski definition) is 3. The molecule has 0 amide bonds. The fourth-order valence-electron chi connectivity index (χ4n) is 1.67. The number of nitrogens with one attached hydrogen (secondary N) is 1. The number of rotatable bonds is 5. The van der Waals surface area contributed by atoms with Crippen LogP contribution in [0.2, 0.25) is 10.0 Å². The third kappa shape index (κ3) is 4.08. The minimum atomic E-state index is -0.545. The van der Waals surface area contributed by atoms with Crippen molar-refractivity contribution in [3.05, 3.63) is 27.7 Å². The molecule has 0 spiro atoms. The molecule has 4 nitrogen and oxygen atoms in total. The van der Waals surface area contributed by atoms with E-state index in [0.717, 1.165) is 0 Å². The molecule has 6 heteroatoms. The number of aliphatic hydroxyl groups excluding tert-OH is 1. The molecule has 0 heterocycles. The maximum Gasteiger partial charge on any atom is 0.179 e. The Labute approximate surface area is 122 Å². The van der Waals surface area contributed by atoms with Gasteiger partial charge in [-0.1, -0.05) is 23.2 Å². The summed E-state index contributed by atoms with van der Waals surface area (Å²) >= 11 is 11.8. The summed E-state index contributed by atoms with van der Waals surface area (Å²) in [6.07, 6.45) is 0. The highest BCUT2D eigenvalue weighted by Crippen LogP contribution is 2.29. The lowest BCUT2D eigenvalue weighted by Gasteiger charge is -2.27. The van der Waals surface area contributed by atoms with Crippen molar-refractivity contribution in [1.29, 1.82) is 0 Å². The van der Waals surface area contributed by atoms with Crippen molar-refractivity contribution in [1.82, 2.24) is 5.32 Å². The van der Waals surface area contributed by atoms with E-state index >= 15 is 0 Å². The molecule has 1 rings (SSSR count). The van der Waals surface area contributed by atoms with E-state index in [0.29, 0.717) is 5.56 Å². The number of halogens is 2. The van der Waals surface area contributed by atoms with Crippen LogP contribution in [0.3, 0.4) is 0 Å². The molecule has 0 bridgehead atoms. The molecule has 106 valence electrons. The number of hydrogen-bond acceptors (Lipinski definition) is 4. The number of carbonyl (C=O) groups is 1. The van der Waals surface area contributed by atoms with Gasteiger partial charge in [0.1, 0.15) is 0 Å². The van der Waals surface area contributed by atoms with Crippen molar-refractivity contribution in [3.8, 4) is 0 Å². The Kier molecular flexibility index (Phi) is 5.21. The maximum atomic E-state index is 12.3. The second-order valence-electron chi connectivity index (χ2n) is 5.13. The third-order valence-corrected chi connectivity index (χ3v) is 3.38. The van der Waals surface area contributed by atoms with Gasteiger partial charge in [-0.2, -0.15) is 0 Å².